The van der Waals surface area contributed by atoms with E-state index >= 15 is 0 Å². The molecule has 0 atom stereocenters. The molecule has 0 radical (unpaired) electrons. The normalized spacial score (nSPS) is 10.7. The minimum atomic E-state index is -0.851. The van der Waals surface area contributed by atoms with Gasteiger partial charge in [0.15, 0.2) is 5.78 Å². The molecule has 2 rings (SSSR count). The fourth-order valence-corrected chi connectivity index (χ4v) is 2.66. The SMILES string of the molecule is CCc1ccc(CC)c(C(=O)c2c(F)cc(Br)cc2F)c1. The summed E-state index contributed by atoms with van der Waals surface area (Å²) in [4.78, 5) is 12.6. The number of rotatable bonds is 4. The van der Waals surface area contributed by atoms with Crippen LogP contribution in [0.5, 0.6) is 0 Å². The van der Waals surface area contributed by atoms with Gasteiger partial charge in [-0.15, -0.1) is 0 Å². The first kappa shape index (κ1) is 15.8. The molecule has 2 aromatic carbocycles. The molecule has 1 nitrogen and oxygen atoms in total. The number of hydrogen-bond donors (Lipinski definition) is 0. The average molecular weight is 353 g/mol. The van der Waals surface area contributed by atoms with E-state index in [1.165, 1.54) is 0 Å². The lowest BCUT2D eigenvalue weighted by Gasteiger charge is -2.11. The summed E-state index contributed by atoms with van der Waals surface area (Å²) in [6.07, 6.45) is 1.39. The molecule has 0 spiro atoms. The number of hydrogen-bond acceptors (Lipinski definition) is 1. The summed E-state index contributed by atoms with van der Waals surface area (Å²) in [5.41, 5.74) is 1.63. The molecule has 0 saturated carbocycles. The molecule has 0 amide bonds. The van der Waals surface area contributed by atoms with Gasteiger partial charge in [-0.25, -0.2) is 8.78 Å². The molecule has 0 aliphatic heterocycles. The highest BCUT2D eigenvalue weighted by Crippen LogP contribution is 2.24. The summed E-state index contributed by atoms with van der Waals surface area (Å²) >= 11 is 3.01. The van der Waals surface area contributed by atoms with Crippen molar-refractivity contribution < 1.29 is 13.6 Å². The number of carbonyl (C=O) groups excluding carboxylic acids is 1. The Balaban J connectivity index is 2.59. The Labute approximate surface area is 131 Å². The van der Waals surface area contributed by atoms with Gasteiger partial charge in [0.2, 0.25) is 0 Å². The van der Waals surface area contributed by atoms with E-state index < -0.39 is 23.0 Å². The van der Waals surface area contributed by atoms with Gasteiger partial charge in [-0.05, 0) is 42.2 Å². The number of aryl methyl sites for hydroxylation is 2. The van der Waals surface area contributed by atoms with Crippen LogP contribution >= 0.6 is 15.9 Å². The van der Waals surface area contributed by atoms with Crippen molar-refractivity contribution in [2.75, 3.05) is 0 Å². The molecule has 2 aromatic rings. The van der Waals surface area contributed by atoms with E-state index in [9.17, 15) is 13.6 Å². The Morgan fingerprint density at radius 1 is 1.05 bits per heavy atom. The number of halogens is 3. The molecule has 4 heteroatoms. The quantitative estimate of drug-likeness (QED) is 0.701. The van der Waals surface area contributed by atoms with Gasteiger partial charge in [0.05, 0.1) is 5.56 Å². The summed E-state index contributed by atoms with van der Waals surface area (Å²) in [5.74, 6) is -2.31. The largest absolute Gasteiger partial charge is 0.288 e. The zero-order valence-corrected chi connectivity index (χ0v) is 13.4. The second-order valence-electron chi connectivity index (χ2n) is 4.77. The van der Waals surface area contributed by atoms with Gasteiger partial charge in [-0.2, -0.15) is 0 Å². The van der Waals surface area contributed by atoms with E-state index in [0.29, 0.717) is 12.0 Å². The van der Waals surface area contributed by atoms with Crippen molar-refractivity contribution in [3.05, 3.63) is 68.7 Å². The monoisotopic (exact) mass is 352 g/mol. The van der Waals surface area contributed by atoms with Gasteiger partial charge >= 0.3 is 0 Å². The summed E-state index contributed by atoms with van der Waals surface area (Å²) in [6.45, 7) is 3.88. The van der Waals surface area contributed by atoms with Crippen molar-refractivity contribution in [1.29, 1.82) is 0 Å². The van der Waals surface area contributed by atoms with Gasteiger partial charge in [0.1, 0.15) is 11.6 Å². The molecular weight excluding hydrogens is 338 g/mol. The highest BCUT2D eigenvalue weighted by Gasteiger charge is 2.22. The first-order valence-corrected chi connectivity index (χ1v) is 7.58. The maximum absolute atomic E-state index is 14.0. The fourth-order valence-electron chi connectivity index (χ4n) is 2.26. The molecule has 0 unspecified atom stereocenters. The van der Waals surface area contributed by atoms with E-state index in [0.717, 1.165) is 29.7 Å². The van der Waals surface area contributed by atoms with E-state index in [-0.39, 0.29) is 4.47 Å². The Morgan fingerprint density at radius 3 is 2.19 bits per heavy atom. The van der Waals surface area contributed by atoms with Crippen LogP contribution in [0.1, 0.15) is 40.9 Å². The average Bonchev–Trinajstić information content (AvgIpc) is 2.45. The molecule has 0 bridgehead atoms. The van der Waals surface area contributed by atoms with Crippen LogP contribution in [0.3, 0.4) is 0 Å². The molecule has 0 N–H and O–H groups in total. The van der Waals surface area contributed by atoms with Gasteiger partial charge < -0.3 is 0 Å². The van der Waals surface area contributed by atoms with E-state index in [1.54, 1.807) is 6.07 Å². The van der Waals surface area contributed by atoms with E-state index in [4.69, 9.17) is 0 Å². The van der Waals surface area contributed by atoms with Crippen molar-refractivity contribution in [1.82, 2.24) is 0 Å². The molecule has 0 aromatic heterocycles. The van der Waals surface area contributed by atoms with Gasteiger partial charge in [0.25, 0.3) is 0 Å². The Hall–Kier alpha value is -1.55. The second kappa shape index (κ2) is 6.48. The van der Waals surface area contributed by atoms with Crippen LogP contribution in [0.4, 0.5) is 8.78 Å². The highest BCUT2D eigenvalue weighted by molar-refractivity contribution is 9.10. The smallest absolute Gasteiger partial charge is 0.199 e. The number of carbonyl (C=O) groups is 1. The minimum absolute atomic E-state index is 0.270. The zero-order valence-electron chi connectivity index (χ0n) is 11.8. The topological polar surface area (TPSA) is 17.1 Å². The molecule has 0 aliphatic rings. The van der Waals surface area contributed by atoms with Crippen LogP contribution in [0.25, 0.3) is 0 Å². The van der Waals surface area contributed by atoms with Crippen molar-refractivity contribution in [3.8, 4) is 0 Å². The maximum Gasteiger partial charge on any atom is 0.199 e. The predicted molar refractivity (Wildman–Crippen MR) is 82.7 cm³/mol. The lowest BCUT2D eigenvalue weighted by Crippen LogP contribution is -2.11. The summed E-state index contributed by atoms with van der Waals surface area (Å²) < 4.78 is 28.2. The van der Waals surface area contributed by atoms with E-state index in [1.807, 2.05) is 26.0 Å². The standard InChI is InChI=1S/C17H15BrF2O/c1-3-10-5-6-11(4-2)13(7-10)17(21)16-14(19)8-12(18)9-15(16)20/h5-9H,3-4H2,1-2H3. The van der Waals surface area contributed by atoms with Crippen LogP contribution in [-0.2, 0) is 12.8 Å². The van der Waals surface area contributed by atoms with Gasteiger partial charge in [-0.1, -0.05) is 41.9 Å². The maximum atomic E-state index is 14.0. The summed E-state index contributed by atoms with van der Waals surface area (Å²) in [5, 5.41) is 0. The summed E-state index contributed by atoms with van der Waals surface area (Å²) in [6, 6.07) is 7.71. The van der Waals surface area contributed by atoms with Gasteiger partial charge in [-0.3, -0.25) is 4.79 Å². The molecule has 0 heterocycles. The minimum Gasteiger partial charge on any atom is -0.288 e. The predicted octanol–water partition coefficient (Wildman–Crippen LogP) is 5.08. The highest BCUT2D eigenvalue weighted by atomic mass is 79.9. The zero-order chi connectivity index (χ0) is 15.6. The van der Waals surface area contributed by atoms with Crippen LogP contribution in [-0.4, -0.2) is 5.78 Å². The molecule has 0 saturated heterocycles. The van der Waals surface area contributed by atoms with E-state index in [2.05, 4.69) is 15.9 Å². The first-order chi connectivity index (χ1) is 9.97. The second-order valence-corrected chi connectivity index (χ2v) is 5.69. The first-order valence-electron chi connectivity index (χ1n) is 6.79. The summed E-state index contributed by atoms with van der Waals surface area (Å²) in [7, 11) is 0. The lowest BCUT2D eigenvalue weighted by atomic mass is 9.94. The Morgan fingerprint density at radius 2 is 1.67 bits per heavy atom. The van der Waals surface area contributed by atoms with Crippen LogP contribution < -0.4 is 0 Å². The lowest BCUT2D eigenvalue weighted by molar-refractivity contribution is 0.103. The van der Waals surface area contributed by atoms with Crippen LogP contribution in [0.15, 0.2) is 34.8 Å². The third kappa shape index (κ3) is 3.21. The van der Waals surface area contributed by atoms with Crippen LogP contribution in [0, 0.1) is 11.6 Å². The fraction of sp³-hybridized carbons (Fsp3) is 0.235. The van der Waals surface area contributed by atoms with Crippen molar-refractivity contribution in [3.63, 3.8) is 0 Å². The number of ketones is 1. The molecule has 0 aliphatic carbocycles. The molecule has 21 heavy (non-hydrogen) atoms. The molecular formula is C17H15BrF2O. The van der Waals surface area contributed by atoms with Crippen LogP contribution in [0.2, 0.25) is 0 Å². The van der Waals surface area contributed by atoms with Crippen molar-refractivity contribution in [2.45, 2.75) is 26.7 Å². The van der Waals surface area contributed by atoms with Crippen molar-refractivity contribution in [2.24, 2.45) is 0 Å². The van der Waals surface area contributed by atoms with Crippen molar-refractivity contribution >= 4 is 21.7 Å². The third-order valence-electron chi connectivity index (χ3n) is 3.44. The van der Waals surface area contributed by atoms with Gasteiger partial charge in [0, 0.05) is 10.0 Å². The number of benzene rings is 2. The molecule has 0 fully saturated rings. The Bertz CT molecular complexity index is 672. The third-order valence-corrected chi connectivity index (χ3v) is 3.90. The molecule has 110 valence electrons. The Kier molecular flexibility index (Phi) is 4.88.